The van der Waals surface area contributed by atoms with Gasteiger partial charge < -0.3 is 20.1 Å². The molecule has 0 amide bonds. The van der Waals surface area contributed by atoms with Gasteiger partial charge in [0, 0.05) is 23.3 Å². The summed E-state index contributed by atoms with van der Waals surface area (Å²) in [6.45, 7) is 0.749. The topological polar surface area (TPSA) is 81.2 Å². The van der Waals surface area contributed by atoms with Crippen LogP contribution in [-0.4, -0.2) is 22.0 Å². The third-order valence-corrected chi connectivity index (χ3v) is 3.97. The highest BCUT2D eigenvalue weighted by atomic mass is 35.5. The van der Waals surface area contributed by atoms with Gasteiger partial charge in [0.1, 0.15) is 0 Å². The van der Waals surface area contributed by atoms with Crippen LogP contribution in [0.15, 0.2) is 48.7 Å². The van der Waals surface area contributed by atoms with E-state index in [1.54, 1.807) is 6.20 Å². The lowest BCUT2D eigenvalue weighted by molar-refractivity contribution is 0.174. The Kier molecular flexibility index (Phi) is 4.22. The van der Waals surface area contributed by atoms with Gasteiger partial charge in [-0.25, -0.2) is 0 Å². The minimum Gasteiger partial charge on any atom is -0.454 e. The molecule has 126 valence electrons. The molecule has 1 aromatic heterocycles. The highest BCUT2D eigenvalue weighted by molar-refractivity contribution is 6.31. The molecule has 0 saturated heterocycles. The van der Waals surface area contributed by atoms with Gasteiger partial charge in [0.25, 0.3) is 0 Å². The molecule has 3 aromatic rings. The number of anilines is 3. The number of nitrogens with one attached hydrogen (secondary N) is 2. The van der Waals surface area contributed by atoms with Crippen molar-refractivity contribution in [1.29, 1.82) is 0 Å². The van der Waals surface area contributed by atoms with Gasteiger partial charge in [-0.05, 0) is 23.8 Å². The van der Waals surface area contributed by atoms with Crippen LogP contribution in [-0.2, 0) is 6.54 Å². The predicted molar refractivity (Wildman–Crippen MR) is 94.5 cm³/mol. The number of benzene rings is 2. The van der Waals surface area contributed by atoms with E-state index in [0.29, 0.717) is 29.1 Å². The summed E-state index contributed by atoms with van der Waals surface area (Å²) in [7, 11) is 0. The fraction of sp³-hybridized carbons (Fsp3) is 0.118. The zero-order valence-electron chi connectivity index (χ0n) is 13.1. The second-order valence-corrected chi connectivity index (χ2v) is 5.71. The van der Waals surface area contributed by atoms with E-state index in [1.807, 2.05) is 42.5 Å². The van der Waals surface area contributed by atoms with E-state index >= 15 is 0 Å². The predicted octanol–water partition coefficient (Wildman–Crippen LogP) is 3.61. The molecule has 0 radical (unpaired) electrons. The van der Waals surface area contributed by atoms with Gasteiger partial charge >= 0.3 is 0 Å². The molecule has 0 atom stereocenters. The summed E-state index contributed by atoms with van der Waals surface area (Å²) in [5, 5.41) is 14.9. The summed E-state index contributed by atoms with van der Waals surface area (Å²) in [6, 6.07) is 13.2. The molecule has 0 fully saturated rings. The van der Waals surface area contributed by atoms with Crippen molar-refractivity contribution in [1.82, 2.24) is 15.2 Å². The molecule has 2 N–H and O–H groups in total. The van der Waals surface area contributed by atoms with Gasteiger partial charge in [-0.2, -0.15) is 10.1 Å². The molecule has 25 heavy (non-hydrogen) atoms. The Morgan fingerprint density at radius 2 is 1.96 bits per heavy atom. The molecule has 4 rings (SSSR count). The molecule has 0 saturated carbocycles. The van der Waals surface area contributed by atoms with Gasteiger partial charge in [0.2, 0.25) is 12.7 Å². The number of hydrogen-bond donors (Lipinski definition) is 2. The second kappa shape index (κ2) is 6.82. The maximum Gasteiger partial charge on any atom is 0.244 e. The largest absolute Gasteiger partial charge is 0.454 e. The van der Waals surface area contributed by atoms with Crippen LogP contribution in [0.1, 0.15) is 5.56 Å². The average molecular weight is 356 g/mol. The number of fused-ring (bicyclic) bond motifs is 1. The zero-order valence-corrected chi connectivity index (χ0v) is 13.8. The van der Waals surface area contributed by atoms with Gasteiger partial charge in [-0.15, -0.1) is 5.10 Å². The van der Waals surface area contributed by atoms with Crippen molar-refractivity contribution in [3.05, 3.63) is 59.2 Å². The van der Waals surface area contributed by atoms with Gasteiger partial charge in [-0.1, -0.05) is 29.8 Å². The van der Waals surface area contributed by atoms with E-state index in [0.717, 1.165) is 17.0 Å². The van der Waals surface area contributed by atoms with Crippen LogP contribution in [0.25, 0.3) is 0 Å². The van der Waals surface area contributed by atoms with Crippen LogP contribution in [0, 0.1) is 0 Å². The number of ether oxygens (including phenoxy) is 2. The molecule has 2 heterocycles. The Hall–Kier alpha value is -3.06. The molecule has 1 aliphatic rings. The Labute approximate surface area is 149 Å². The van der Waals surface area contributed by atoms with Crippen LogP contribution >= 0.6 is 11.6 Å². The number of hydrogen-bond acceptors (Lipinski definition) is 7. The van der Waals surface area contributed by atoms with Crippen molar-refractivity contribution in [2.45, 2.75) is 6.54 Å². The summed E-state index contributed by atoms with van der Waals surface area (Å²) in [5.74, 6) is 2.40. The molecule has 1 aliphatic heterocycles. The lowest BCUT2D eigenvalue weighted by Crippen LogP contribution is -2.06. The van der Waals surface area contributed by atoms with E-state index < -0.39 is 0 Å². The Morgan fingerprint density at radius 3 is 2.88 bits per heavy atom. The summed E-state index contributed by atoms with van der Waals surface area (Å²) >= 11 is 6.14. The summed E-state index contributed by atoms with van der Waals surface area (Å²) in [6.07, 6.45) is 1.55. The Bertz CT molecular complexity index is 906. The fourth-order valence-corrected chi connectivity index (χ4v) is 2.58. The summed E-state index contributed by atoms with van der Waals surface area (Å²) in [5.41, 5.74) is 1.78. The van der Waals surface area contributed by atoms with Gasteiger partial charge in [-0.3, -0.25) is 0 Å². The van der Waals surface area contributed by atoms with Crippen molar-refractivity contribution in [3.8, 4) is 11.5 Å². The molecular weight excluding hydrogens is 342 g/mol. The van der Waals surface area contributed by atoms with Crippen LogP contribution in [0.5, 0.6) is 11.5 Å². The molecule has 8 heteroatoms. The standard InChI is InChI=1S/C17H14ClN5O2/c18-13-4-2-1-3-11(13)8-19-17-22-16(9-20-23-17)21-12-5-6-14-15(7-12)25-10-24-14/h1-7,9H,8,10H2,(H2,19,21,22,23). The van der Waals surface area contributed by atoms with Crippen molar-refractivity contribution >= 4 is 29.1 Å². The molecule has 0 unspecified atom stereocenters. The van der Waals surface area contributed by atoms with Crippen molar-refractivity contribution < 1.29 is 9.47 Å². The SMILES string of the molecule is Clc1ccccc1CNc1nncc(Nc2ccc3c(c2)OCO3)n1. The van der Waals surface area contributed by atoms with Crippen LogP contribution in [0.3, 0.4) is 0 Å². The van der Waals surface area contributed by atoms with Gasteiger partial charge in [0.15, 0.2) is 17.3 Å². The van der Waals surface area contributed by atoms with E-state index in [-0.39, 0.29) is 6.79 Å². The number of rotatable bonds is 5. The van der Waals surface area contributed by atoms with E-state index in [1.165, 1.54) is 0 Å². The number of halogens is 1. The molecule has 0 spiro atoms. The number of aromatic nitrogens is 3. The first-order valence-corrected chi connectivity index (χ1v) is 7.99. The lowest BCUT2D eigenvalue weighted by Gasteiger charge is -2.09. The maximum absolute atomic E-state index is 6.14. The van der Waals surface area contributed by atoms with Crippen LogP contribution in [0.2, 0.25) is 5.02 Å². The van der Waals surface area contributed by atoms with Crippen LogP contribution < -0.4 is 20.1 Å². The lowest BCUT2D eigenvalue weighted by atomic mass is 10.2. The smallest absolute Gasteiger partial charge is 0.244 e. The average Bonchev–Trinajstić information content (AvgIpc) is 3.09. The number of nitrogens with zero attached hydrogens (tertiary/aromatic N) is 3. The van der Waals surface area contributed by atoms with Gasteiger partial charge in [0.05, 0.1) is 6.20 Å². The quantitative estimate of drug-likeness (QED) is 0.723. The first-order chi connectivity index (χ1) is 12.3. The Balaban J connectivity index is 1.45. The molecule has 0 bridgehead atoms. The van der Waals surface area contributed by atoms with Crippen LogP contribution in [0.4, 0.5) is 17.5 Å². The Morgan fingerprint density at radius 1 is 1.08 bits per heavy atom. The highest BCUT2D eigenvalue weighted by Crippen LogP contribution is 2.34. The van der Waals surface area contributed by atoms with E-state index in [4.69, 9.17) is 21.1 Å². The summed E-state index contributed by atoms with van der Waals surface area (Å²) in [4.78, 5) is 4.40. The van der Waals surface area contributed by atoms with E-state index in [2.05, 4.69) is 25.8 Å². The van der Waals surface area contributed by atoms with Crippen molar-refractivity contribution in [3.63, 3.8) is 0 Å². The highest BCUT2D eigenvalue weighted by Gasteiger charge is 2.13. The molecule has 2 aromatic carbocycles. The third-order valence-electron chi connectivity index (χ3n) is 3.60. The normalized spacial score (nSPS) is 12.0. The second-order valence-electron chi connectivity index (χ2n) is 5.30. The maximum atomic E-state index is 6.14. The minimum absolute atomic E-state index is 0.240. The molecular formula is C17H14ClN5O2. The third kappa shape index (κ3) is 3.56. The molecule has 7 nitrogen and oxygen atoms in total. The minimum atomic E-state index is 0.240. The first-order valence-electron chi connectivity index (χ1n) is 7.61. The summed E-state index contributed by atoms with van der Waals surface area (Å²) < 4.78 is 10.7. The van der Waals surface area contributed by atoms with E-state index in [9.17, 15) is 0 Å². The first kappa shape index (κ1) is 15.5. The monoisotopic (exact) mass is 355 g/mol. The van der Waals surface area contributed by atoms with Crippen molar-refractivity contribution in [2.75, 3.05) is 17.4 Å². The zero-order chi connectivity index (χ0) is 17.1. The molecule has 0 aliphatic carbocycles. The van der Waals surface area contributed by atoms with Crippen molar-refractivity contribution in [2.24, 2.45) is 0 Å². The fourth-order valence-electron chi connectivity index (χ4n) is 2.38.